The van der Waals surface area contributed by atoms with Crippen LogP contribution in [0.1, 0.15) is 30.4 Å². The first-order valence-corrected chi connectivity index (χ1v) is 5.70. The molecule has 1 nitrogen and oxygen atoms in total. The van der Waals surface area contributed by atoms with Gasteiger partial charge in [0.15, 0.2) is 0 Å². The first-order chi connectivity index (χ1) is 8.73. The smallest absolute Gasteiger partial charge is 0.197 e. The number of nitrogens with zero attached hydrogens (tertiary/aromatic N) is 1. The SMILES string of the molecule is N#CC1(c2cccc(C(F)(F)C(F)(F)F)c2)CCC1. The highest BCUT2D eigenvalue weighted by atomic mass is 19.4. The lowest BCUT2D eigenvalue weighted by atomic mass is 9.65. The van der Waals surface area contributed by atoms with Gasteiger partial charge in [0.2, 0.25) is 0 Å². The number of hydrogen-bond acceptors (Lipinski definition) is 1. The summed E-state index contributed by atoms with van der Waals surface area (Å²) in [7, 11) is 0. The Hall–Kier alpha value is -1.64. The van der Waals surface area contributed by atoms with E-state index in [0.29, 0.717) is 12.8 Å². The highest BCUT2D eigenvalue weighted by Crippen LogP contribution is 2.47. The van der Waals surface area contributed by atoms with Crippen molar-refractivity contribution in [3.05, 3.63) is 35.4 Å². The van der Waals surface area contributed by atoms with E-state index in [0.717, 1.165) is 24.6 Å². The maximum atomic E-state index is 13.2. The molecule has 1 fully saturated rings. The van der Waals surface area contributed by atoms with Crippen LogP contribution < -0.4 is 0 Å². The van der Waals surface area contributed by atoms with E-state index in [-0.39, 0.29) is 5.56 Å². The lowest BCUT2D eigenvalue weighted by Gasteiger charge is -2.36. The van der Waals surface area contributed by atoms with E-state index in [9.17, 15) is 22.0 Å². The van der Waals surface area contributed by atoms with Gasteiger partial charge >= 0.3 is 12.1 Å². The van der Waals surface area contributed by atoms with Crippen LogP contribution in [0.25, 0.3) is 0 Å². The molecule has 1 aromatic rings. The molecule has 2 rings (SSSR count). The van der Waals surface area contributed by atoms with Crippen molar-refractivity contribution in [1.29, 1.82) is 5.26 Å². The third-order valence-electron chi connectivity index (χ3n) is 3.55. The van der Waals surface area contributed by atoms with Crippen LogP contribution in [-0.4, -0.2) is 6.18 Å². The molecule has 0 aliphatic heterocycles. The van der Waals surface area contributed by atoms with E-state index < -0.39 is 23.1 Å². The molecule has 0 atom stereocenters. The van der Waals surface area contributed by atoms with Gasteiger partial charge < -0.3 is 0 Å². The maximum absolute atomic E-state index is 13.2. The van der Waals surface area contributed by atoms with Gasteiger partial charge in [-0.2, -0.15) is 27.2 Å². The topological polar surface area (TPSA) is 23.8 Å². The first kappa shape index (κ1) is 13.8. The summed E-state index contributed by atoms with van der Waals surface area (Å²) in [6, 6.07) is 6.13. The van der Waals surface area contributed by atoms with Gasteiger partial charge in [-0.15, -0.1) is 0 Å². The fraction of sp³-hybridized carbons (Fsp3) is 0.462. The Balaban J connectivity index is 2.44. The van der Waals surface area contributed by atoms with Crippen molar-refractivity contribution in [2.24, 2.45) is 0 Å². The summed E-state index contributed by atoms with van der Waals surface area (Å²) >= 11 is 0. The van der Waals surface area contributed by atoms with Gasteiger partial charge in [-0.05, 0) is 30.9 Å². The molecule has 1 saturated carbocycles. The fourth-order valence-corrected chi connectivity index (χ4v) is 2.17. The third-order valence-corrected chi connectivity index (χ3v) is 3.55. The Labute approximate surface area is 106 Å². The van der Waals surface area contributed by atoms with Crippen molar-refractivity contribution in [3.63, 3.8) is 0 Å². The van der Waals surface area contributed by atoms with E-state index in [1.165, 1.54) is 6.07 Å². The van der Waals surface area contributed by atoms with E-state index >= 15 is 0 Å². The zero-order valence-corrected chi connectivity index (χ0v) is 9.77. The van der Waals surface area contributed by atoms with Crippen LogP contribution in [0.3, 0.4) is 0 Å². The van der Waals surface area contributed by atoms with Crippen LogP contribution in [0.5, 0.6) is 0 Å². The Morgan fingerprint density at radius 2 is 1.74 bits per heavy atom. The molecule has 0 amide bonds. The van der Waals surface area contributed by atoms with E-state index in [1.807, 2.05) is 6.07 Å². The largest absolute Gasteiger partial charge is 0.458 e. The van der Waals surface area contributed by atoms with Crippen LogP contribution in [0.15, 0.2) is 24.3 Å². The van der Waals surface area contributed by atoms with Crippen molar-refractivity contribution in [2.45, 2.75) is 36.8 Å². The van der Waals surface area contributed by atoms with E-state index in [1.54, 1.807) is 0 Å². The molecule has 0 heterocycles. The van der Waals surface area contributed by atoms with Crippen molar-refractivity contribution < 1.29 is 22.0 Å². The number of alkyl halides is 5. The van der Waals surface area contributed by atoms with Crippen molar-refractivity contribution in [2.75, 3.05) is 0 Å². The molecular weight excluding hydrogens is 265 g/mol. The summed E-state index contributed by atoms with van der Waals surface area (Å²) in [5, 5.41) is 9.08. The molecule has 1 aliphatic rings. The Kier molecular flexibility index (Phi) is 3.04. The Bertz CT molecular complexity index is 523. The molecular formula is C13H10F5N. The Morgan fingerprint density at radius 3 is 2.16 bits per heavy atom. The maximum Gasteiger partial charge on any atom is 0.458 e. The van der Waals surface area contributed by atoms with Gasteiger partial charge in [-0.25, -0.2) is 0 Å². The van der Waals surface area contributed by atoms with E-state index in [2.05, 4.69) is 0 Å². The number of nitriles is 1. The third kappa shape index (κ3) is 2.07. The lowest BCUT2D eigenvalue weighted by molar-refractivity contribution is -0.289. The molecule has 102 valence electrons. The monoisotopic (exact) mass is 275 g/mol. The second-order valence-electron chi connectivity index (χ2n) is 4.70. The fourth-order valence-electron chi connectivity index (χ4n) is 2.17. The van der Waals surface area contributed by atoms with Crippen molar-refractivity contribution in [3.8, 4) is 6.07 Å². The minimum Gasteiger partial charge on any atom is -0.197 e. The van der Waals surface area contributed by atoms with Gasteiger partial charge in [0.25, 0.3) is 0 Å². The number of hydrogen-bond donors (Lipinski definition) is 0. The second kappa shape index (κ2) is 4.19. The molecule has 0 N–H and O–H groups in total. The van der Waals surface area contributed by atoms with Gasteiger partial charge in [0, 0.05) is 5.56 Å². The molecule has 0 saturated heterocycles. The zero-order chi connectivity index (χ0) is 14.3. The first-order valence-electron chi connectivity index (χ1n) is 5.70. The summed E-state index contributed by atoms with van der Waals surface area (Å²) in [6.45, 7) is 0. The minimum absolute atomic E-state index is 0.239. The number of halogens is 5. The average molecular weight is 275 g/mol. The molecule has 6 heteroatoms. The summed E-state index contributed by atoms with van der Waals surface area (Å²) in [5.74, 6) is -4.90. The van der Waals surface area contributed by atoms with Gasteiger partial charge in [-0.1, -0.05) is 18.2 Å². The van der Waals surface area contributed by atoms with Crippen LogP contribution in [0.2, 0.25) is 0 Å². The van der Waals surface area contributed by atoms with Crippen LogP contribution in [-0.2, 0) is 11.3 Å². The van der Waals surface area contributed by atoms with Gasteiger partial charge in [0.05, 0.1) is 11.5 Å². The lowest BCUT2D eigenvalue weighted by Crippen LogP contribution is -2.35. The van der Waals surface area contributed by atoms with Crippen molar-refractivity contribution >= 4 is 0 Å². The highest BCUT2D eigenvalue weighted by Gasteiger charge is 2.59. The minimum atomic E-state index is -5.63. The normalized spacial score (nSPS) is 18.5. The van der Waals surface area contributed by atoms with Crippen LogP contribution in [0.4, 0.5) is 22.0 Å². The molecule has 0 aromatic heterocycles. The summed E-state index contributed by atoms with van der Waals surface area (Å²) in [5.41, 5.74) is -1.78. The molecule has 0 radical (unpaired) electrons. The van der Waals surface area contributed by atoms with Gasteiger partial charge in [0.1, 0.15) is 0 Å². The summed E-state index contributed by atoms with van der Waals surface area (Å²) < 4.78 is 63.4. The summed E-state index contributed by atoms with van der Waals surface area (Å²) in [6.07, 6.45) is -3.88. The standard InChI is InChI=1S/C13H10F5N/c14-12(15,13(16,17)18)10-4-1-3-9(7-10)11(8-19)5-2-6-11/h1,3-4,7H,2,5-6H2. The molecule has 1 aromatic carbocycles. The van der Waals surface area contributed by atoms with Crippen LogP contribution >= 0.6 is 0 Å². The molecule has 19 heavy (non-hydrogen) atoms. The average Bonchev–Trinajstić information content (AvgIpc) is 2.27. The quantitative estimate of drug-likeness (QED) is 0.739. The number of benzene rings is 1. The predicted octanol–water partition coefficient (Wildman–Crippen LogP) is 4.29. The summed E-state index contributed by atoms with van der Waals surface area (Å²) in [4.78, 5) is 0. The molecule has 0 spiro atoms. The molecule has 0 bridgehead atoms. The Morgan fingerprint density at radius 1 is 1.11 bits per heavy atom. The number of rotatable bonds is 2. The van der Waals surface area contributed by atoms with Crippen LogP contribution in [0, 0.1) is 11.3 Å². The second-order valence-corrected chi connectivity index (χ2v) is 4.70. The van der Waals surface area contributed by atoms with Gasteiger partial charge in [-0.3, -0.25) is 0 Å². The molecule has 0 unspecified atom stereocenters. The molecule has 1 aliphatic carbocycles. The highest BCUT2D eigenvalue weighted by molar-refractivity contribution is 5.39. The predicted molar refractivity (Wildman–Crippen MR) is 57.5 cm³/mol. The van der Waals surface area contributed by atoms with E-state index in [4.69, 9.17) is 5.26 Å². The van der Waals surface area contributed by atoms with Crippen molar-refractivity contribution in [1.82, 2.24) is 0 Å². The zero-order valence-electron chi connectivity index (χ0n) is 9.77.